The molecule has 2 fully saturated rings. The number of benzene rings is 1. The van der Waals surface area contributed by atoms with Crippen LogP contribution in [0.2, 0.25) is 0 Å². The van der Waals surface area contributed by atoms with Crippen molar-refractivity contribution >= 4 is 11.7 Å². The zero-order valence-corrected chi connectivity index (χ0v) is 17.1. The number of carbonyl (C=O) groups excluding carboxylic acids is 1. The van der Waals surface area contributed by atoms with Crippen molar-refractivity contribution in [3.05, 3.63) is 59.5 Å². The van der Waals surface area contributed by atoms with E-state index in [1.54, 1.807) is 24.4 Å². The molecule has 4 rings (SSSR count). The van der Waals surface area contributed by atoms with E-state index in [4.69, 9.17) is 5.26 Å². The van der Waals surface area contributed by atoms with Crippen LogP contribution in [0.5, 0.6) is 0 Å². The fourth-order valence-electron chi connectivity index (χ4n) is 4.72. The standard InChI is InChI=1S/C24H27FN4O/c25-21-8-6-19(7-9-21)23(18-3-1-2-4-18)28-24(30)20-11-13-29(14-12-20)22-10-5-17(15-26)16-27-22/h5-10,16,18,20,23H,1-4,11-14H2,(H,28,30). The Morgan fingerprint density at radius 1 is 1.10 bits per heavy atom. The summed E-state index contributed by atoms with van der Waals surface area (Å²) in [6.45, 7) is 1.53. The van der Waals surface area contributed by atoms with Crippen LogP contribution < -0.4 is 10.2 Å². The van der Waals surface area contributed by atoms with Gasteiger partial charge < -0.3 is 10.2 Å². The first kappa shape index (κ1) is 20.3. The maximum atomic E-state index is 13.4. The molecule has 1 aliphatic carbocycles. The number of piperidine rings is 1. The molecule has 2 heterocycles. The number of anilines is 1. The number of rotatable bonds is 5. The third-order valence-corrected chi connectivity index (χ3v) is 6.46. The molecular formula is C24H27FN4O. The van der Waals surface area contributed by atoms with Gasteiger partial charge in [0.25, 0.3) is 0 Å². The van der Waals surface area contributed by atoms with E-state index in [1.807, 2.05) is 6.07 Å². The van der Waals surface area contributed by atoms with E-state index in [-0.39, 0.29) is 23.7 Å². The maximum Gasteiger partial charge on any atom is 0.223 e. The third-order valence-electron chi connectivity index (χ3n) is 6.46. The number of pyridine rings is 1. The smallest absolute Gasteiger partial charge is 0.223 e. The summed E-state index contributed by atoms with van der Waals surface area (Å²) >= 11 is 0. The summed E-state index contributed by atoms with van der Waals surface area (Å²) in [5.41, 5.74) is 1.54. The van der Waals surface area contributed by atoms with Crippen LogP contribution in [0.1, 0.15) is 55.7 Å². The number of nitrogens with one attached hydrogen (secondary N) is 1. The average Bonchev–Trinajstić information content (AvgIpc) is 3.33. The van der Waals surface area contributed by atoms with E-state index in [9.17, 15) is 9.18 Å². The number of hydrogen-bond acceptors (Lipinski definition) is 4. The minimum Gasteiger partial charge on any atom is -0.357 e. The van der Waals surface area contributed by atoms with Crippen molar-refractivity contribution in [2.75, 3.05) is 18.0 Å². The molecule has 2 aromatic rings. The van der Waals surface area contributed by atoms with Crippen molar-refractivity contribution < 1.29 is 9.18 Å². The molecule has 1 aromatic heterocycles. The molecule has 0 spiro atoms. The van der Waals surface area contributed by atoms with Crippen LogP contribution in [0.25, 0.3) is 0 Å². The van der Waals surface area contributed by atoms with Crippen molar-refractivity contribution in [3.63, 3.8) is 0 Å². The number of halogens is 1. The summed E-state index contributed by atoms with van der Waals surface area (Å²) < 4.78 is 13.4. The SMILES string of the molecule is N#Cc1ccc(N2CCC(C(=O)NC(c3ccc(F)cc3)C3CCCC3)CC2)nc1. The number of carbonyl (C=O) groups is 1. The van der Waals surface area contributed by atoms with E-state index < -0.39 is 0 Å². The summed E-state index contributed by atoms with van der Waals surface area (Å²) in [6.07, 6.45) is 7.71. The fraction of sp³-hybridized carbons (Fsp3) is 0.458. The molecule has 156 valence electrons. The summed E-state index contributed by atoms with van der Waals surface area (Å²) in [5.74, 6) is 1.09. The van der Waals surface area contributed by atoms with Crippen molar-refractivity contribution in [3.8, 4) is 6.07 Å². The van der Waals surface area contributed by atoms with E-state index >= 15 is 0 Å². The van der Waals surface area contributed by atoms with E-state index in [0.29, 0.717) is 11.5 Å². The van der Waals surface area contributed by atoms with Gasteiger partial charge in [-0.3, -0.25) is 4.79 Å². The third kappa shape index (κ3) is 4.62. The average molecular weight is 407 g/mol. The van der Waals surface area contributed by atoms with Crippen LogP contribution in [0.4, 0.5) is 10.2 Å². The van der Waals surface area contributed by atoms with Crippen molar-refractivity contribution in [2.24, 2.45) is 11.8 Å². The number of amides is 1. The second-order valence-electron chi connectivity index (χ2n) is 8.36. The number of nitrogens with zero attached hydrogens (tertiary/aromatic N) is 3. The minimum absolute atomic E-state index is 0.0241. The van der Waals surface area contributed by atoms with Crippen LogP contribution >= 0.6 is 0 Å². The van der Waals surface area contributed by atoms with Crippen LogP contribution in [0.15, 0.2) is 42.6 Å². The molecule has 1 N–H and O–H groups in total. The lowest BCUT2D eigenvalue weighted by Crippen LogP contribution is -2.43. The molecule has 0 bridgehead atoms. The zero-order chi connectivity index (χ0) is 20.9. The summed E-state index contributed by atoms with van der Waals surface area (Å²) in [6, 6.07) is 12.2. The molecule has 1 aromatic carbocycles. The Labute approximate surface area is 176 Å². The minimum atomic E-state index is -0.251. The molecule has 1 unspecified atom stereocenters. The Morgan fingerprint density at radius 3 is 2.40 bits per heavy atom. The maximum absolute atomic E-state index is 13.4. The molecule has 1 saturated heterocycles. The summed E-state index contributed by atoms with van der Waals surface area (Å²) in [7, 11) is 0. The molecule has 30 heavy (non-hydrogen) atoms. The van der Waals surface area contributed by atoms with Crippen LogP contribution in [0.3, 0.4) is 0 Å². The van der Waals surface area contributed by atoms with Crippen LogP contribution in [0, 0.1) is 29.0 Å². The predicted octanol–water partition coefficient (Wildman–Crippen LogP) is 4.36. The molecule has 1 atom stereocenters. The highest BCUT2D eigenvalue weighted by atomic mass is 19.1. The highest BCUT2D eigenvalue weighted by Gasteiger charge is 2.31. The van der Waals surface area contributed by atoms with Crippen molar-refractivity contribution in [2.45, 2.75) is 44.6 Å². The molecule has 1 saturated carbocycles. The van der Waals surface area contributed by atoms with Crippen molar-refractivity contribution in [1.29, 1.82) is 5.26 Å². The summed E-state index contributed by atoms with van der Waals surface area (Å²) in [4.78, 5) is 19.6. The molecule has 2 aliphatic rings. The number of nitriles is 1. The van der Waals surface area contributed by atoms with Gasteiger partial charge in [0.2, 0.25) is 5.91 Å². The lowest BCUT2D eigenvalue weighted by molar-refractivity contribution is -0.126. The van der Waals surface area contributed by atoms with Crippen molar-refractivity contribution in [1.82, 2.24) is 10.3 Å². The highest BCUT2D eigenvalue weighted by Crippen LogP contribution is 2.36. The Hall–Kier alpha value is -2.94. The quantitative estimate of drug-likeness (QED) is 0.801. The van der Waals surface area contributed by atoms with E-state index in [1.165, 1.54) is 25.0 Å². The van der Waals surface area contributed by atoms with Gasteiger partial charge >= 0.3 is 0 Å². The van der Waals surface area contributed by atoms with E-state index in [2.05, 4.69) is 21.3 Å². The second-order valence-corrected chi connectivity index (χ2v) is 8.36. The molecule has 0 radical (unpaired) electrons. The first-order valence-electron chi connectivity index (χ1n) is 10.8. The van der Waals surface area contributed by atoms with Gasteiger partial charge in [-0.1, -0.05) is 25.0 Å². The van der Waals surface area contributed by atoms with Gasteiger partial charge in [-0.05, 0) is 61.4 Å². The first-order chi connectivity index (χ1) is 14.6. The van der Waals surface area contributed by atoms with E-state index in [0.717, 1.165) is 50.2 Å². The Kier molecular flexibility index (Phi) is 6.27. The van der Waals surface area contributed by atoms with Gasteiger partial charge in [0.1, 0.15) is 17.7 Å². The Balaban J connectivity index is 1.38. The number of hydrogen-bond donors (Lipinski definition) is 1. The lowest BCUT2D eigenvalue weighted by Gasteiger charge is -2.34. The Bertz CT molecular complexity index is 892. The molecule has 1 amide bonds. The van der Waals surface area contributed by atoms with Crippen LogP contribution in [-0.2, 0) is 4.79 Å². The van der Waals surface area contributed by atoms with Gasteiger partial charge in [-0.15, -0.1) is 0 Å². The fourth-order valence-corrected chi connectivity index (χ4v) is 4.72. The molecular weight excluding hydrogens is 379 g/mol. The molecule has 6 heteroatoms. The molecule has 1 aliphatic heterocycles. The summed E-state index contributed by atoms with van der Waals surface area (Å²) in [5, 5.41) is 12.2. The predicted molar refractivity (Wildman–Crippen MR) is 113 cm³/mol. The highest BCUT2D eigenvalue weighted by molar-refractivity contribution is 5.79. The normalized spacial score (nSPS) is 18.7. The topological polar surface area (TPSA) is 69.0 Å². The van der Waals surface area contributed by atoms with Gasteiger partial charge in [0, 0.05) is 25.2 Å². The largest absolute Gasteiger partial charge is 0.357 e. The lowest BCUT2D eigenvalue weighted by atomic mass is 9.89. The molecule has 5 nitrogen and oxygen atoms in total. The van der Waals surface area contributed by atoms with Gasteiger partial charge in [-0.2, -0.15) is 5.26 Å². The van der Waals surface area contributed by atoms with Gasteiger partial charge in [0.15, 0.2) is 0 Å². The van der Waals surface area contributed by atoms with Crippen LogP contribution in [-0.4, -0.2) is 24.0 Å². The monoisotopic (exact) mass is 406 g/mol. The van der Waals surface area contributed by atoms with Gasteiger partial charge in [0.05, 0.1) is 11.6 Å². The Morgan fingerprint density at radius 2 is 1.80 bits per heavy atom. The zero-order valence-electron chi connectivity index (χ0n) is 17.1. The number of aromatic nitrogens is 1. The van der Waals surface area contributed by atoms with Gasteiger partial charge in [-0.25, -0.2) is 9.37 Å². The first-order valence-corrected chi connectivity index (χ1v) is 10.8. The second kappa shape index (κ2) is 9.25.